The zero-order chi connectivity index (χ0) is 14.4. The van der Waals surface area contributed by atoms with Crippen molar-refractivity contribution in [3.63, 3.8) is 0 Å². The second-order valence-electron chi connectivity index (χ2n) is 4.08. The van der Waals surface area contributed by atoms with E-state index < -0.39 is 5.97 Å². The van der Waals surface area contributed by atoms with Crippen LogP contribution in [0.3, 0.4) is 0 Å². The molecule has 0 bridgehead atoms. The van der Waals surface area contributed by atoms with Crippen LogP contribution in [0.25, 0.3) is 0 Å². The van der Waals surface area contributed by atoms with E-state index in [0.717, 1.165) is 30.4 Å². The Hall–Kier alpha value is -1.90. The van der Waals surface area contributed by atoms with Crippen LogP contribution in [0.4, 0.5) is 0 Å². The summed E-state index contributed by atoms with van der Waals surface area (Å²) in [6, 6.07) is 0. The van der Waals surface area contributed by atoms with Gasteiger partial charge in [0.15, 0.2) is 11.0 Å². The molecule has 2 aromatic heterocycles. The van der Waals surface area contributed by atoms with E-state index in [1.54, 1.807) is 0 Å². The number of hydrogen-bond acceptors (Lipinski definition) is 7. The predicted molar refractivity (Wildman–Crippen MR) is 70.4 cm³/mol. The third-order valence-electron chi connectivity index (χ3n) is 2.56. The zero-order valence-corrected chi connectivity index (χ0v) is 11.8. The highest BCUT2D eigenvalue weighted by Gasteiger charge is 2.14. The fourth-order valence-electron chi connectivity index (χ4n) is 1.70. The summed E-state index contributed by atoms with van der Waals surface area (Å²) in [4.78, 5) is 14.6. The number of nitrogens with zero attached hydrogens (tertiary/aromatic N) is 5. The molecule has 0 saturated heterocycles. The molecule has 0 radical (unpaired) electrons. The first kappa shape index (κ1) is 14.5. The largest absolute Gasteiger partial charge is 0.481 e. The zero-order valence-electron chi connectivity index (χ0n) is 11.0. The van der Waals surface area contributed by atoms with Gasteiger partial charge in [0.05, 0.1) is 5.75 Å². The highest BCUT2D eigenvalue weighted by atomic mass is 32.2. The predicted octanol–water partition coefficient (Wildman–Crippen LogP) is 1.03. The van der Waals surface area contributed by atoms with Crippen molar-refractivity contribution in [3.8, 4) is 0 Å². The number of hydrogen-bond donors (Lipinski definition) is 1. The average molecular weight is 297 g/mol. The Morgan fingerprint density at radius 2 is 2.30 bits per heavy atom. The summed E-state index contributed by atoms with van der Waals surface area (Å²) in [6.45, 7) is 2.66. The lowest BCUT2D eigenvalue weighted by molar-refractivity contribution is -0.133. The van der Waals surface area contributed by atoms with Gasteiger partial charge >= 0.3 is 5.97 Å². The van der Waals surface area contributed by atoms with Gasteiger partial charge in [-0.3, -0.25) is 4.79 Å². The van der Waals surface area contributed by atoms with Gasteiger partial charge in [0.25, 0.3) is 0 Å². The maximum atomic E-state index is 10.7. The van der Waals surface area contributed by atoms with Gasteiger partial charge in [0.1, 0.15) is 5.82 Å². The van der Waals surface area contributed by atoms with Crippen molar-refractivity contribution in [2.24, 2.45) is 0 Å². The molecule has 9 heteroatoms. The van der Waals surface area contributed by atoms with Crippen molar-refractivity contribution >= 4 is 17.7 Å². The molecular formula is C11H15N5O3S. The highest BCUT2D eigenvalue weighted by Crippen LogP contribution is 2.18. The van der Waals surface area contributed by atoms with E-state index in [1.165, 1.54) is 6.39 Å². The molecule has 0 spiro atoms. The monoisotopic (exact) mass is 297 g/mol. The second kappa shape index (κ2) is 7.04. The van der Waals surface area contributed by atoms with Crippen LogP contribution in [0.15, 0.2) is 16.1 Å². The Kier molecular flexibility index (Phi) is 5.10. The van der Waals surface area contributed by atoms with Crippen LogP contribution in [0.2, 0.25) is 0 Å². The number of rotatable bonds is 8. The van der Waals surface area contributed by atoms with Crippen molar-refractivity contribution in [1.82, 2.24) is 24.9 Å². The molecule has 8 nitrogen and oxygen atoms in total. The lowest BCUT2D eigenvalue weighted by atomic mass is 10.3. The Morgan fingerprint density at radius 3 is 2.95 bits per heavy atom. The number of aliphatic carboxylic acids is 1. The molecule has 0 fully saturated rings. The van der Waals surface area contributed by atoms with E-state index in [9.17, 15) is 4.79 Å². The fraction of sp³-hybridized carbons (Fsp3) is 0.545. The molecule has 2 aromatic rings. The topological polar surface area (TPSA) is 107 Å². The van der Waals surface area contributed by atoms with Crippen LogP contribution in [0, 0.1) is 0 Å². The fourth-order valence-corrected chi connectivity index (χ4v) is 2.40. The SMILES string of the molecule is CCCc1nnc(SCC(=O)O)n1CCc1ncon1. The van der Waals surface area contributed by atoms with E-state index in [0.29, 0.717) is 23.9 Å². The third-order valence-corrected chi connectivity index (χ3v) is 3.51. The summed E-state index contributed by atoms with van der Waals surface area (Å²) in [7, 11) is 0. The van der Waals surface area contributed by atoms with Gasteiger partial charge in [-0.15, -0.1) is 10.2 Å². The minimum Gasteiger partial charge on any atom is -0.481 e. The van der Waals surface area contributed by atoms with Crippen LogP contribution in [0.5, 0.6) is 0 Å². The van der Waals surface area contributed by atoms with Crippen molar-refractivity contribution in [1.29, 1.82) is 0 Å². The van der Waals surface area contributed by atoms with Crippen LogP contribution >= 0.6 is 11.8 Å². The highest BCUT2D eigenvalue weighted by molar-refractivity contribution is 7.99. The lowest BCUT2D eigenvalue weighted by Gasteiger charge is -2.07. The van der Waals surface area contributed by atoms with Gasteiger partial charge in [-0.25, -0.2) is 0 Å². The molecule has 0 saturated carbocycles. The lowest BCUT2D eigenvalue weighted by Crippen LogP contribution is -2.09. The van der Waals surface area contributed by atoms with Crippen LogP contribution in [0.1, 0.15) is 25.0 Å². The normalized spacial score (nSPS) is 10.8. The summed E-state index contributed by atoms with van der Waals surface area (Å²) >= 11 is 1.16. The standard InChI is InChI=1S/C11H15N5O3S/c1-2-3-9-13-14-11(20-6-10(17)18)16(9)5-4-8-12-7-19-15-8/h7H,2-6H2,1H3,(H,17,18). The molecule has 2 rings (SSSR count). The molecule has 2 heterocycles. The molecular weight excluding hydrogens is 282 g/mol. The number of aryl methyl sites for hydroxylation is 2. The first-order chi connectivity index (χ1) is 9.70. The summed E-state index contributed by atoms with van der Waals surface area (Å²) in [5.41, 5.74) is 0. The quantitative estimate of drug-likeness (QED) is 0.720. The molecule has 0 aliphatic heterocycles. The second-order valence-corrected chi connectivity index (χ2v) is 5.02. The molecule has 0 amide bonds. The van der Waals surface area contributed by atoms with E-state index in [4.69, 9.17) is 5.11 Å². The maximum Gasteiger partial charge on any atom is 0.313 e. The Morgan fingerprint density at radius 1 is 1.45 bits per heavy atom. The number of thioether (sulfide) groups is 1. The molecule has 20 heavy (non-hydrogen) atoms. The van der Waals surface area contributed by atoms with E-state index in [2.05, 4.69) is 31.8 Å². The van der Waals surface area contributed by atoms with Crippen LogP contribution < -0.4 is 0 Å². The molecule has 0 unspecified atom stereocenters. The molecule has 1 N–H and O–H groups in total. The van der Waals surface area contributed by atoms with Gasteiger partial charge in [0, 0.05) is 19.4 Å². The summed E-state index contributed by atoms with van der Waals surface area (Å²) < 4.78 is 6.61. The summed E-state index contributed by atoms with van der Waals surface area (Å²) in [5.74, 6) is 0.547. The minimum absolute atomic E-state index is 0.0352. The van der Waals surface area contributed by atoms with Crippen molar-refractivity contribution in [2.75, 3.05) is 5.75 Å². The van der Waals surface area contributed by atoms with Crippen LogP contribution in [-0.4, -0.2) is 41.7 Å². The Labute approximate surface area is 119 Å². The number of carboxylic acids is 1. The van der Waals surface area contributed by atoms with Gasteiger partial charge in [-0.05, 0) is 6.42 Å². The number of carbonyl (C=O) groups is 1. The van der Waals surface area contributed by atoms with E-state index >= 15 is 0 Å². The number of aromatic nitrogens is 5. The average Bonchev–Trinajstić information content (AvgIpc) is 3.04. The molecule has 108 valence electrons. The van der Waals surface area contributed by atoms with Crippen molar-refractivity contribution in [3.05, 3.63) is 18.0 Å². The van der Waals surface area contributed by atoms with Gasteiger partial charge in [0.2, 0.25) is 6.39 Å². The molecule has 0 atom stereocenters. The number of carboxylic acid groups (broad SMARTS) is 1. The van der Waals surface area contributed by atoms with Gasteiger partial charge in [-0.2, -0.15) is 4.98 Å². The van der Waals surface area contributed by atoms with Crippen molar-refractivity contribution in [2.45, 2.75) is 37.9 Å². The summed E-state index contributed by atoms with van der Waals surface area (Å²) in [5, 5.41) is 21.3. The molecule has 0 aliphatic rings. The van der Waals surface area contributed by atoms with Gasteiger partial charge < -0.3 is 14.2 Å². The Bertz CT molecular complexity index is 554. The minimum atomic E-state index is -0.875. The Balaban J connectivity index is 2.09. The first-order valence-electron chi connectivity index (χ1n) is 6.22. The van der Waals surface area contributed by atoms with Gasteiger partial charge in [-0.1, -0.05) is 23.8 Å². The first-order valence-corrected chi connectivity index (χ1v) is 7.21. The van der Waals surface area contributed by atoms with Crippen molar-refractivity contribution < 1.29 is 14.4 Å². The molecule has 0 aliphatic carbocycles. The van der Waals surface area contributed by atoms with E-state index in [1.807, 2.05) is 4.57 Å². The molecule has 0 aromatic carbocycles. The smallest absolute Gasteiger partial charge is 0.313 e. The van der Waals surface area contributed by atoms with E-state index in [-0.39, 0.29) is 5.75 Å². The van der Waals surface area contributed by atoms with Crippen LogP contribution in [-0.2, 0) is 24.2 Å². The summed E-state index contributed by atoms with van der Waals surface area (Å²) in [6.07, 6.45) is 3.62. The third kappa shape index (κ3) is 3.80. The maximum absolute atomic E-state index is 10.7.